The van der Waals surface area contributed by atoms with Gasteiger partial charge in [0.1, 0.15) is 5.60 Å². The summed E-state index contributed by atoms with van der Waals surface area (Å²) in [5.41, 5.74) is -0.859. The van der Waals surface area contributed by atoms with Gasteiger partial charge >= 0.3 is 6.03 Å². The van der Waals surface area contributed by atoms with Crippen LogP contribution in [-0.2, 0) is 4.74 Å². The summed E-state index contributed by atoms with van der Waals surface area (Å²) in [4.78, 5) is 12.9. The standard InChI is InChI=1S/C9H16N2O3/c1-7-9(13,2-5-14-7)6-11-4-3-10-8(11)12/h7,13H,2-6H2,1H3,(H,10,12). The predicted octanol–water partition coefficient (Wildman–Crippen LogP) is -0.449. The van der Waals surface area contributed by atoms with Crippen LogP contribution in [0.1, 0.15) is 13.3 Å². The molecule has 5 nitrogen and oxygen atoms in total. The molecule has 0 bridgehead atoms. The molecule has 0 aromatic heterocycles. The number of hydrogen-bond acceptors (Lipinski definition) is 3. The van der Waals surface area contributed by atoms with Crippen LogP contribution < -0.4 is 5.32 Å². The van der Waals surface area contributed by atoms with E-state index in [1.807, 2.05) is 6.92 Å². The van der Waals surface area contributed by atoms with Gasteiger partial charge in [-0.25, -0.2) is 4.79 Å². The van der Waals surface area contributed by atoms with Crippen molar-refractivity contribution in [3.63, 3.8) is 0 Å². The Morgan fingerprint density at radius 3 is 3.07 bits per heavy atom. The first-order chi connectivity index (χ1) is 6.62. The molecule has 2 amide bonds. The van der Waals surface area contributed by atoms with Crippen molar-refractivity contribution >= 4 is 6.03 Å². The second-order valence-corrected chi connectivity index (χ2v) is 4.02. The second kappa shape index (κ2) is 3.40. The van der Waals surface area contributed by atoms with Crippen LogP contribution >= 0.6 is 0 Å². The number of hydrogen-bond donors (Lipinski definition) is 2. The quantitative estimate of drug-likeness (QED) is 0.634. The summed E-state index contributed by atoms with van der Waals surface area (Å²) in [5.74, 6) is 0. The number of carbonyl (C=O) groups excluding carboxylic acids is 1. The Labute approximate surface area is 83.0 Å². The van der Waals surface area contributed by atoms with E-state index >= 15 is 0 Å². The molecule has 0 aromatic rings. The zero-order valence-corrected chi connectivity index (χ0v) is 8.32. The molecular weight excluding hydrogens is 184 g/mol. The molecule has 2 N–H and O–H groups in total. The van der Waals surface area contributed by atoms with Gasteiger partial charge in [-0.2, -0.15) is 0 Å². The Bertz CT molecular complexity index is 246. The molecule has 2 unspecified atom stereocenters. The van der Waals surface area contributed by atoms with Crippen LogP contribution in [0.5, 0.6) is 0 Å². The Balaban J connectivity index is 1.98. The molecule has 0 aromatic carbocycles. The minimum absolute atomic E-state index is 0.0856. The molecule has 5 heteroatoms. The third-order valence-corrected chi connectivity index (χ3v) is 3.07. The summed E-state index contributed by atoms with van der Waals surface area (Å²) in [6.45, 7) is 4.14. The molecule has 0 saturated carbocycles. The van der Waals surface area contributed by atoms with Crippen molar-refractivity contribution in [1.29, 1.82) is 0 Å². The highest BCUT2D eigenvalue weighted by Crippen LogP contribution is 2.26. The van der Waals surface area contributed by atoms with Crippen LogP contribution in [-0.4, -0.2) is 54.0 Å². The van der Waals surface area contributed by atoms with Gasteiger partial charge in [0, 0.05) is 26.1 Å². The summed E-state index contributed by atoms with van der Waals surface area (Å²) in [7, 11) is 0. The van der Waals surface area contributed by atoms with Gasteiger partial charge in [-0.15, -0.1) is 0 Å². The Hall–Kier alpha value is -0.810. The van der Waals surface area contributed by atoms with Crippen molar-refractivity contribution in [3.8, 4) is 0 Å². The number of amides is 2. The maximum Gasteiger partial charge on any atom is 0.317 e. The van der Waals surface area contributed by atoms with Crippen molar-refractivity contribution in [1.82, 2.24) is 10.2 Å². The summed E-state index contributed by atoms with van der Waals surface area (Å²) in [5, 5.41) is 12.9. The highest BCUT2D eigenvalue weighted by atomic mass is 16.5. The SMILES string of the molecule is CC1OCCC1(O)CN1CCNC1=O. The first-order valence-electron chi connectivity index (χ1n) is 4.98. The molecule has 2 aliphatic heterocycles. The number of β-amino-alcohol motifs (C(OH)–C–C–N with tert-alkyl or cyclic N) is 1. The van der Waals surface area contributed by atoms with Crippen molar-refractivity contribution < 1.29 is 14.6 Å². The van der Waals surface area contributed by atoms with Gasteiger partial charge in [-0.1, -0.05) is 0 Å². The van der Waals surface area contributed by atoms with Crippen molar-refractivity contribution in [2.45, 2.75) is 25.0 Å². The van der Waals surface area contributed by atoms with Gasteiger partial charge in [0.05, 0.1) is 12.6 Å². The van der Waals surface area contributed by atoms with E-state index < -0.39 is 5.60 Å². The highest BCUT2D eigenvalue weighted by molar-refractivity contribution is 5.76. The Morgan fingerprint density at radius 2 is 2.57 bits per heavy atom. The fraction of sp³-hybridized carbons (Fsp3) is 0.889. The van der Waals surface area contributed by atoms with Gasteiger partial charge in [-0.05, 0) is 6.92 Å². The van der Waals surface area contributed by atoms with E-state index in [0.29, 0.717) is 32.7 Å². The van der Waals surface area contributed by atoms with E-state index in [2.05, 4.69) is 5.32 Å². The molecule has 2 rings (SSSR count). The number of carbonyl (C=O) groups is 1. The lowest BCUT2D eigenvalue weighted by Crippen LogP contribution is -2.48. The highest BCUT2D eigenvalue weighted by Gasteiger charge is 2.42. The molecule has 2 heterocycles. The predicted molar refractivity (Wildman–Crippen MR) is 50.0 cm³/mol. The number of nitrogens with zero attached hydrogens (tertiary/aromatic N) is 1. The molecule has 2 aliphatic rings. The number of nitrogens with one attached hydrogen (secondary N) is 1. The maximum atomic E-state index is 11.3. The van der Waals surface area contributed by atoms with Gasteiger partial charge in [0.2, 0.25) is 0 Å². The minimum atomic E-state index is -0.859. The van der Waals surface area contributed by atoms with Gasteiger partial charge in [-0.3, -0.25) is 0 Å². The summed E-state index contributed by atoms with van der Waals surface area (Å²) in [6.07, 6.45) is 0.425. The van der Waals surface area contributed by atoms with Crippen molar-refractivity contribution in [2.75, 3.05) is 26.2 Å². The molecule has 2 saturated heterocycles. The first-order valence-corrected chi connectivity index (χ1v) is 4.98. The smallest absolute Gasteiger partial charge is 0.317 e. The van der Waals surface area contributed by atoms with E-state index in [4.69, 9.17) is 4.74 Å². The summed E-state index contributed by atoms with van der Waals surface area (Å²) >= 11 is 0. The lowest BCUT2D eigenvalue weighted by Gasteiger charge is -2.30. The van der Waals surface area contributed by atoms with E-state index in [0.717, 1.165) is 0 Å². The zero-order chi connectivity index (χ0) is 10.2. The number of urea groups is 1. The third kappa shape index (κ3) is 1.57. The molecule has 0 aliphatic carbocycles. The average Bonchev–Trinajstić information content (AvgIpc) is 2.64. The third-order valence-electron chi connectivity index (χ3n) is 3.07. The lowest BCUT2D eigenvalue weighted by molar-refractivity contribution is -0.0399. The Kier molecular flexibility index (Phi) is 2.36. The van der Waals surface area contributed by atoms with Crippen LogP contribution in [0.4, 0.5) is 4.79 Å². The monoisotopic (exact) mass is 200 g/mol. The molecule has 2 atom stereocenters. The number of aliphatic hydroxyl groups is 1. The minimum Gasteiger partial charge on any atom is -0.385 e. The Morgan fingerprint density at radius 1 is 1.79 bits per heavy atom. The zero-order valence-electron chi connectivity index (χ0n) is 8.32. The van der Waals surface area contributed by atoms with Gasteiger partial charge < -0.3 is 20.1 Å². The van der Waals surface area contributed by atoms with Crippen LogP contribution in [0, 0.1) is 0 Å². The number of rotatable bonds is 2. The van der Waals surface area contributed by atoms with E-state index in [1.165, 1.54) is 0 Å². The molecule has 0 radical (unpaired) electrons. The van der Waals surface area contributed by atoms with Crippen molar-refractivity contribution in [2.24, 2.45) is 0 Å². The van der Waals surface area contributed by atoms with Crippen LogP contribution in [0.25, 0.3) is 0 Å². The molecule has 80 valence electrons. The van der Waals surface area contributed by atoms with Crippen LogP contribution in [0.15, 0.2) is 0 Å². The summed E-state index contributed by atoms with van der Waals surface area (Å²) < 4.78 is 5.31. The molecule has 0 spiro atoms. The summed E-state index contributed by atoms with van der Waals surface area (Å²) in [6, 6.07) is -0.0856. The molecule has 14 heavy (non-hydrogen) atoms. The van der Waals surface area contributed by atoms with E-state index in [1.54, 1.807) is 4.90 Å². The van der Waals surface area contributed by atoms with Crippen molar-refractivity contribution in [3.05, 3.63) is 0 Å². The maximum absolute atomic E-state index is 11.3. The lowest BCUT2D eigenvalue weighted by atomic mass is 9.96. The van der Waals surface area contributed by atoms with Crippen LogP contribution in [0.2, 0.25) is 0 Å². The largest absolute Gasteiger partial charge is 0.385 e. The fourth-order valence-electron chi connectivity index (χ4n) is 1.97. The van der Waals surface area contributed by atoms with E-state index in [9.17, 15) is 9.90 Å². The van der Waals surface area contributed by atoms with Gasteiger partial charge in [0.15, 0.2) is 0 Å². The first kappa shape index (κ1) is 9.73. The number of ether oxygens (including phenoxy) is 1. The molecular formula is C9H16N2O3. The fourth-order valence-corrected chi connectivity index (χ4v) is 1.97. The van der Waals surface area contributed by atoms with Gasteiger partial charge in [0.25, 0.3) is 0 Å². The van der Waals surface area contributed by atoms with E-state index in [-0.39, 0.29) is 12.1 Å². The second-order valence-electron chi connectivity index (χ2n) is 4.02. The van der Waals surface area contributed by atoms with Crippen LogP contribution in [0.3, 0.4) is 0 Å². The molecule has 2 fully saturated rings. The normalized spacial score (nSPS) is 37.7. The average molecular weight is 200 g/mol. The topological polar surface area (TPSA) is 61.8 Å².